The van der Waals surface area contributed by atoms with Gasteiger partial charge in [0, 0.05) is 5.70 Å². The molecule has 0 heterocycles. The first kappa shape index (κ1) is 15.7. The lowest BCUT2D eigenvalue weighted by molar-refractivity contribution is 0.202. The Morgan fingerprint density at radius 1 is 1.14 bits per heavy atom. The minimum Gasteiger partial charge on any atom is -0.489 e. The van der Waals surface area contributed by atoms with Gasteiger partial charge in [0.2, 0.25) is 0 Å². The Morgan fingerprint density at radius 3 is 2.48 bits per heavy atom. The number of allylic oxidation sites excluding steroid dienone is 1. The van der Waals surface area contributed by atoms with Gasteiger partial charge in [-0.1, -0.05) is 41.4 Å². The number of nitrogens with one attached hydrogen (secondary N) is 1. The van der Waals surface area contributed by atoms with Crippen LogP contribution in [0.4, 0.5) is 0 Å². The van der Waals surface area contributed by atoms with Crippen LogP contribution < -0.4 is 10.2 Å². The molecule has 0 aliphatic heterocycles. The van der Waals surface area contributed by atoms with Crippen molar-refractivity contribution in [3.05, 3.63) is 69.3 Å². The molecule has 2 aromatic rings. The third-order valence-electron chi connectivity index (χ3n) is 2.83. The maximum absolute atomic E-state index is 8.74. The van der Waals surface area contributed by atoms with Crippen LogP contribution in [0.5, 0.6) is 5.75 Å². The minimum atomic E-state index is 0.420. The maximum atomic E-state index is 8.74. The quantitative estimate of drug-likeness (QED) is 0.768. The molecule has 0 saturated heterocycles. The van der Waals surface area contributed by atoms with Crippen molar-refractivity contribution in [1.29, 1.82) is 0 Å². The van der Waals surface area contributed by atoms with E-state index in [2.05, 4.69) is 5.48 Å². The van der Waals surface area contributed by atoms with Gasteiger partial charge in [0.25, 0.3) is 0 Å². The van der Waals surface area contributed by atoms with E-state index in [9.17, 15) is 0 Å². The van der Waals surface area contributed by atoms with Gasteiger partial charge in [0.15, 0.2) is 0 Å². The molecule has 0 aromatic heterocycles. The first-order valence-electron chi connectivity index (χ1n) is 6.33. The van der Waals surface area contributed by atoms with Crippen LogP contribution in [0.3, 0.4) is 0 Å². The highest BCUT2D eigenvalue weighted by Gasteiger charge is 2.01. The minimum absolute atomic E-state index is 0.420. The van der Waals surface area contributed by atoms with E-state index >= 15 is 0 Å². The third-order valence-corrected chi connectivity index (χ3v) is 3.57. The Kier molecular flexibility index (Phi) is 5.51. The van der Waals surface area contributed by atoms with Gasteiger partial charge in [0.1, 0.15) is 12.4 Å². The van der Waals surface area contributed by atoms with Crippen molar-refractivity contribution < 1.29 is 9.94 Å². The molecule has 0 aliphatic rings. The van der Waals surface area contributed by atoms with Crippen LogP contribution in [-0.2, 0) is 6.61 Å². The highest BCUT2D eigenvalue weighted by Crippen LogP contribution is 2.23. The summed E-state index contributed by atoms with van der Waals surface area (Å²) in [7, 11) is 0. The summed E-state index contributed by atoms with van der Waals surface area (Å²) < 4.78 is 5.69. The standard InChI is InChI=1S/C16H15Cl2NO2/c1-11(19-20)8-12-2-5-14(6-3-12)21-10-13-4-7-15(17)16(18)9-13/h2-9,19-20H,10H2,1H3. The average molecular weight is 324 g/mol. The predicted octanol–water partition coefficient (Wildman–Crippen LogP) is 4.91. The van der Waals surface area contributed by atoms with Gasteiger partial charge >= 0.3 is 0 Å². The van der Waals surface area contributed by atoms with E-state index in [1.54, 1.807) is 19.1 Å². The van der Waals surface area contributed by atoms with Gasteiger partial charge in [-0.05, 0) is 48.4 Å². The van der Waals surface area contributed by atoms with Gasteiger partial charge in [-0.3, -0.25) is 10.7 Å². The van der Waals surface area contributed by atoms with E-state index in [0.29, 0.717) is 22.3 Å². The molecular formula is C16H15Cl2NO2. The van der Waals surface area contributed by atoms with E-state index in [1.807, 2.05) is 36.4 Å². The summed E-state index contributed by atoms with van der Waals surface area (Å²) >= 11 is 11.8. The zero-order valence-electron chi connectivity index (χ0n) is 11.4. The Bertz CT molecular complexity index is 639. The largest absolute Gasteiger partial charge is 0.489 e. The van der Waals surface area contributed by atoms with Gasteiger partial charge < -0.3 is 4.74 Å². The molecule has 21 heavy (non-hydrogen) atoms. The van der Waals surface area contributed by atoms with Crippen LogP contribution in [0.2, 0.25) is 10.0 Å². The van der Waals surface area contributed by atoms with Crippen LogP contribution in [0.25, 0.3) is 6.08 Å². The number of hydrogen-bond acceptors (Lipinski definition) is 3. The lowest BCUT2D eigenvalue weighted by Gasteiger charge is -2.07. The number of hydrogen-bond donors (Lipinski definition) is 2. The molecule has 0 unspecified atom stereocenters. The van der Waals surface area contributed by atoms with Gasteiger partial charge in [-0.15, -0.1) is 0 Å². The first-order valence-corrected chi connectivity index (χ1v) is 7.09. The van der Waals surface area contributed by atoms with Crippen LogP contribution in [0, 0.1) is 0 Å². The molecule has 2 aromatic carbocycles. The van der Waals surface area contributed by atoms with Crippen molar-refractivity contribution in [1.82, 2.24) is 5.48 Å². The molecular weight excluding hydrogens is 309 g/mol. The number of benzene rings is 2. The summed E-state index contributed by atoms with van der Waals surface area (Å²) in [5.41, 5.74) is 4.68. The zero-order valence-corrected chi connectivity index (χ0v) is 12.9. The lowest BCUT2D eigenvalue weighted by Crippen LogP contribution is -2.01. The fourth-order valence-electron chi connectivity index (χ4n) is 1.74. The first-order chi connectivity index (χ1) is 10.1. The number of rotatable bonds is 5. The summed E-state index contributed by atoms with van der Waals surface area (Å²) in [5.74, 6) is 0.757. The van der Waals surface area contributed by atoms with Crippen LogP contribution in [0.15, 0.2) is 48.2 Å². The predicted molar refractivity (Wildman–Crippen MR) is 85.8 cm³/mol. The van der Waals surface area contributed by atoms with Crippen molar-refractivity contribution in [2.45, 2.75) is 13.5 Å². The second-order valence-corrected chi connectivity index (χ2v) is 5.36. The van der Waals surface area contributed by atoms with E-state index in [-0.39, 0.29) is 0 Å². The summed E-state index contributed by atoms with van der Waals surface area (Å²) in [4.78, 5) is 0. The molecule has 0 aliphatic carbocycles. The normalized spacial score (nSPS) is 11.3. The fraction of sp³-hybridized carbons (Fsp3) is 0.125. The smallest absolute Gasteiger partial charge is 0.119 e. The van der Waals surface area contributed by atoms with E-state index in [1.165, 1.54) is 0 Å². The highest BCUT2D eigenvalue weighted by atomic mass is 35.5. The SMILES string of the molecule is CC(=Cc1ccc(OCc2ccc(Cl)c(Cl)c2)cc1)NO. The van der Waals surface area contributed by atoms with Crippen LogP contribution >= 0.6 is 23.2 Å². The van der Waals surface area contributed by atoms with Gasteiger partial charge in [-0.25, -0.2) is 0 Å². The fourth-order valence-corrected chi connectivity index (χ4v) is 2.06. The summed E-state index contributed by atoms with van der Waals surface area (Å²) in [5, 5.41) is 9.79. The molecule has 0 saturated carbocycles. The Balaban J connectivity index is 1.99. The van der Waals surface area contributed by atoms with Crippen molar-refractivity contribution in [3.63, 3.8) is 0 Å². The number of halogens is 2. The molecule has 0 atom stereocenters. The molecule has 5 heteroatoms. The summed E-state index contributed by atoms with van der Waals surface area (Å²) in [6.07, 6.45) is 1.82. The number of hydroxylamine groups is 1. The molecule has 0 bridgehead atoms. The second-order valence-electron chi connectivity index (χ2n) is 4.55. The van der Waals surface area contributed by atoms with E-state index in [0.717, 1.165) is 16.9 Å². The summed E-state index contributed by atoms with van der Waals surface area (Å²) in [6.45, 7) is 2.19. The third kappa shape index (κ3) is 4.67. The lowest BCUT2D eigenvalue weighted by atomic mass is 10.2. The monoisotopic (exact) mass is 323 g/mol. The van der Waals surface area contributed by atoms with Crippen molar-refractivity contribution in [2.75, 3.05) is 0 Å². The van der Waals surface area contributed by atoms with Crippen molar-refractivity contribution >= 4 is 29.3 Å². The van der Waals surface area contributed by atoms with E-state index < -0.39 is 0 Å². The molecule has 0 spiro atoms. The Hall–Kier alpha value is -1.68. The van der Waals surface area contributed by atoms with Gasteiger partial charge in [0.05, 0.1) is 10.0 Å². The Labute approximate surface area is 133 Å². The second kappa shape index (κ2) is 7.36. The maximum Gasteiger partial charge on any atom is 0.119 e. The molecule has 0 amide bonds. The van der Waals surface area contributed by atoms with Crippen LogP contribution in [-0.4, -0.2) is 5.21 Å². The van der Waals surface area contributed by atoms with E-state index in [4.69, 9.17) is 33.1 Å². The topological polar surface area (TPSA) is 41.5 Å². The highest BCUT2D eigenvalue weighted by molar-refractivity contribution is 6.42. The molecule has 3 nitrogen and oxygen atoms in total. The van der Waals surface area contributed by atoms with Crippen molar-refractivity contribution in [3.8, 4) is 5.75 Å². The molecule has 0 fully saturated rings. The van der Waals surface area contributed by atoms with Crippen molar-refractivity contribution in [2.24, 2.45) is 0 Å². The molecule has 2 rings (SSSR count). The van der Waals surface area contributed by atoms with Crippen LogP contribution in [0.1, 0.15) is 18.1 Å². The summed E-state index contributed by atoms with van der Waals surface area (Å²) in [6, 6.07) is 13.0. The average Bonchev–Trinajstić information content (AvgIpc) is 2.50. The van der Waals surface area contributed by atoms with Gasteiger partial charge in [-0.2, -0.15) is 0 Å². The molecule has 2 N–H and O–H groups in total. The zero-order chi connectivity index (χ0) is 15.2. The number of ether oxygens (including phenoxy) is 1. The Morgan fingerprint density at radius 2 is 1.86 bits per heavy atom. The molecule has 110 valence electrons. The molecule has 0 radical (unpaired) electrons.